The average Bonchev–Trinajstić information content (AvgIpc) is 2.29. The van der Waals surface area contributed by atoms with E-state index in [9.17, 15) is 13.2 Å². The van der Waals surface area contributed by atoms with Gasteiger partial charge in [0.15, 0.2) is 9.84 Å². The summed E-state index contributed by atoms with van der Waals surface area (Å²) in [6, 6.07) is 0. The van der Waals surface area contributed by atoms with Crippen LogP contribution in [-0.4, -0.2) is 25.8 Å². The number of carbonyl (C=O) groups is 1. The second-order valence-electron chi connectivity index (χ2n) is 2.61. The summed E-state index contributed by atoms with van der Waals surface area (Å²) in [5.41, 5.74) is 1.94. The molecule has 3 N–H and O–H groups in total. The van der Waals surface area contributed by atoms with Crippen LogP contribution in [0.15, 0.2) is 0 Å². The molecule has 1 amide bonds. The highest BCUT2D eigenvalue weighted by Crippen LogP contribution is 2.17. The number of hydrogen-bond acceptors (Lipinski definition) is 4. The van der Waals surface area contributed by atoms with Crippen LogP contribution in [0.5, 0.6) is 0 Å². The quantitative estimate of drug-likeness (QED) is 0.288. The van der Waals surface area contributed by atoms with Crippen LogP contribution in [0.1, 0.15) is 6.42 Å². The van der Waals surface area contributed by atoms with E-state index in [1.807, 2.05) is 5.43 Å². The van der Waals surface area contributed by atoms with Crippen molar-refractivity contribution in [2.75, 3.05) is 11.5 Å². The molecule has 1 aliphatic heterocycles. The second kappa shape index (κ2) is 2.78. The lowest BCUT2D eigenvalue weighted by Gasteiger charge is -2.02. The Hall–Kier alpha value is -0.620. The first-order valence-electron chi connectivity index (χ1n) is 3.26. The third-order valence-electron chi connectivity index (χ3n) is 1.75. The van der Waals surface area contributed by atoms with Crippen molar-refractivity contribution >= 4 is 15.7 Å². The zero-order valence-electron chi connectivity index (χ0n) is 5.91. The molecular weight excluding hydrogens is 168 g/mol. The van der Waals surface area contributed by atoms with Crippen molar-refractivity contribution in [3.63, 3.8) is 0 Å². The topological polar surface area (TPSA) is 89.3 Å². The van der Waals surface area contributed by atoms with E-state index in [0.717, 1.165) is 0 Å². The van der Waals surface area contributed by atoms with Crippen molar-refractivity contribution in [1.29, 1.82) is 0 Å². The molecule has 0 aromatic heterocycles. The summed E-state index contributed by atoms with van der Waals surface area (Å²) in [7, 11) is -2.97. The lowest BCUT2D eigenvalue weighted by molar-refractivity contribution is -0.124. The minimum absolute atomic E-state index is 0.0595. The zero-order chi connectivity index (χ0) is 8.48. The van der Waals surface area contributed by atoms with Gasteiger partial charge in [0, 0.05) is 0 Å². The third kappa shape index (κ3) is 1.90. The molecule has 0 aliphatic carbocycles. The molecular formula is C5H10N2O3S. The molecule has 0 bridgehead atoms. The van der Waals surface area contributed by atoms with Gasteiger partial charge in [0.25, 0.3) is 0 Å². The normalized spacial score (nSPS) is 28.3. The van der Waals surface area contributed by atoms with Gasteiger partial charge >= 0.3 is 0 Å². The number of rotatable bonds is 1. The van der Waals surface area contributed by atoms with Crippen LogP contribution in [0.4, 0.5) is 0 Å². The maximum absolute atomic E-state index is 10.8. The van der Waals surface area contributed by atoms with Gasteiger partial charge in [0.2, 0.25) is 5.91 Å². The lowest BCUT2D eigenvalue weighted by Crippen LogP contribution is -2.36. The SMILES string of the molecule is NNC(=O)C1CCS(=O)(=O)C1. The van der Waals surface area contributed by atoms with Crippen LogP contribution in [-0.2, 0) is 14.6 Å². The maximum Gasteiger partial charge on any atom is 0.238 e. The number of hydrazine groups is 1. The lowest BCUT2D eigenvalue weighted by atomic mass is 10.1. The Morgan fingerprint density at radius 2 is 2.18 bits per heavy atom. The molecule has 1 saturated heterocycles. The molecule has 11 heavy (non-hydrogen) atoms. The summed E-state index contributed by atoms with van der Waals surface area (Å²) >= 11 is 0. The molecule has 6 heteroatoms. The van der Waals surface area contributed by atoms with E-state index >= 15 is 0 Å². The molecule has 0 aromatic rings. The van der Waals surface area contributed by atoms with Crippen LogP contribution >= 0.6 is 0 Å². The van der Waals surface area contributed by atoms with Crippen molar-refractivity contribution < 1.29 is 13.2 Å². The minimum Gasteiger partial charge on any atom is -0.294 e. The molecule has 1 unspecified atom stereocenters. The first kappa shape index (κ1) is 8.48. The molecule has 1 rings (SSSR count). The molecule has 0 aromatic carbocycles. The van der Waals surface area contributed by atoms with E-state index in [0.29, 0.717) is 6.42 Å². The molecule has 0 spiro atoms. The Balaban J connectivity index is 2.62. The molecule has 1 atom stereocenters. The average molecular weight is 178 g/mol. The molecule has 1 aliphatic rings. The molecule has 0 saturated carbocycles. The van der Waals surface area contributed by atoms with Gasteiger partial charge in [0.1, 0.15) is 0 Å². The van der Waals surface area contributed by atoms with Gasteiger partial charge in [-0.05, 0) is 6.42 Å². The predicted octanol–water partition coefficient (Wildman–Crippen LogP) is -1.59. The van der Waals surface area contributed by atoms with E-state index in [1.165, 1.54) is 0 Å². The highest BCUT2D eigenvalue weighted by molar-refractivity contribution is 7.91. The fourth-order valence-corrected chi connectivity index (χ4v) is 2.86. The number of sulfone groups is 1. The Morgan fingerprint density at radius 3 is 2.55 bits per heavy atom. The maximum atomic E-state index is 10.8. The summed E-state index contributed by atoms with van der Waals surface area (Å²) in [4.78, 5) is 10.8. The second-order valence-corrected chi connectivity index (χ2v) is 4.84. The summed E-state index contributed by atoms with van der Waals surface area (Å²) in [6.07, 6.45) is 0.394. The fraction of sp³-hybridized carbons (Fsp3) is 0.800. The Bertz CT molecular complexity index is 259. The minimum atomic E-state index is -2.97. The highest BCUT2D eigenvalue weighted by atomic mass is 32.2. The van der Waals surface area contributed by atoms with E-state index in [-0.39, 0.29) is 17.4 Å². The van der Waals surface area contributed by atoms with Gasteiger partial charge in [-0.2, -0.15) is 0 Å². The monoisotopic (exact) mass is 178 g/mol. The Kier molecular flexibility index (Phi) is 2.15. The molecule has 64 valence electrons. The smallest absolute Gasteiger partial charge is 0.238 e. The number of hydrogen-bond donors (Lipinski definition) is 2. The van der Waals surface area contributed by atoms with Gasteiger partial charge in [0.05, 0.1) is 17.4 Å². The fourth-order valence-electron chi connectivity index (χ4n) is 1.12. The van der Waals surface area contributed by atoms with Crippen LogP contribution < -0.4 is 11.3 Å². The summed E-state index contributed by atoms with van der Waals surface area (Å²) in [5, 5.41) is 0. The summed E-state index contributed by atoms with van der Waals surface area (Å²) in [6.45, 7) is 0. The largest absolute Gasteiger partial charge is 0.294 e. The predicted molar refractivity (Wildman–Crippen MR) is 39.1 cm³/mol. The Labute approximate surface area is 64.8 Å². The van der Waals surface area contributed by atoms with Gasteiger partial charge in [-0.25, -0.2) is 14.3 Å². The van der Waals surface area contributed by atoms with Crippen molar-refractivity contribution in [3.05, 3.63) is 0 Å². The van der Waals surface area contributed by atoms with Crippen molar-refractivity contribution in [1.82, 2.24) is 5.43 Å². The van der Waals surface area contributed by atoms with Crippen LogP contribution in [0.3, 0.4) is 0 Å². The molecule has 1 heterocycles. The standard InChI is InChI=1S/C5H10N2O3S/c6-7-5(8)4-1-2-11(9,10)3-4/h4H,1-3,6H2,(H,7,8). The van der Waals surface area contributed by atoms with E-state index in [1.54, 1.807) is 0 Å². The molecule has 1 fully saturated rings. The van der Waals surface area contributed by atoms with Crippen LogP contribution in [0.25, 0.3) is 0 Å². The van der Waals surface area contributed by atoms with Gasteiger partial charge in [-0.3, -0.25) is 10.2 Å². The van der Waals surface area contributed by atoms with Gasteiger partial charge in [-0.15, -0.1) is 0 Å². The molecule has 5 nitrogen and oxygen atoms in total. The van der Waals surface area contributed by atoms with Crippen molar-refractivity contribution in [2.45, 2.75) is 6.42 Å². The van der Waals surface area contributed by atoms with Gasteiger partial charge in [-0.1, -0.05) is 0 Å². The first-order chi connectivity index (χ1) is 5.05. The Morgan fingerprint density at radius 1 is 1.55 bits per heavy atom. The van der Waals surface area contributed by atoms with Crippen LogP contribution in [0.2, 0.25) is 0 Å². The van der Waals surface area contributed by atoms with Crippen LogP contribution in [0, 0.1) is 5.92 Å². The van der Waals surface area contributed by atoms with Gasteiger partial charge < -0.3 is 0 Å². The van der Waals surface area contributed by atoms with E-state index < -0.39 is 15.8 Å². The van der Waals surface area contributed by atoms with Crippen molar-refractivity contribution in [3.8, 4) is 0 Å². The summed E-state index contributed by atoms with van der Waals surface area (Å²) < 4.78 is 21.7. The summed E-state index contributed by atoms with van der Waals surface area (Å²) in [5.74, 6) is 4.07. The van der Waals surface area contributed by atoms with E-state index in [2.05, 4.69) is 0 Å². The zero-order valence-corrected chi connectivity index (χ0v) is 6.73. The number of nitrogens with two attached hydrogens (primary N) is 1. The number of carbonyl (C=O) groups excluding carboxylic acids is 1. The van der Waals surface area contributed by atoms with E-state index in [4.69, 9.17) is 5.84 Å². The first-order valence-corrected chi connectivity index (χ1v) is 5.08. The highest BCUT2D eigenvalue weighted by Gasteiger charge is 2.32. The third-order valence-corrected chi connectivity index (χ3v) is 3.51. The van der Waals surface area contributed by atoms with Crippen molar-refractivity contribution in [2.24, 2.45) is 11.8 Å². The number of nitrogens with one attached hydrogen (secondary N) is 1. The molecule has 0 radical (unpaired) electrons. The number of amides is 1.